The molecular formula is C15H20N2O3. The minimum Gasteiger partial charge on any atom is -0.467 e. The van der Waals surface area contributed by atoms with Gasteiger partial charge in [-0.25, -0.2) is 4.79 Å². The zero-order valence-corrected chi connectivity index (χ0v) is 11.9. The van der Waals surface area contributed by atoms with Crippen molar-refractivity contribution in [3.8, 4) is 0 Å². The molecule has 0 spiro atoms. The molecule has 5 heteroatoms. The minimum absolute atomic E-state index is 0.0312. The Morgan fingerprint density at radius 2 is 2.15 bits per heavy atom. The summed E-state index contributed by atoms with van der Waals surface area (Å²) in [6.45, 7) is 2.83. The van der Waals surface area contributed by atoms with Crippen LogP contribution in [0.3, 0.4) is 0 Å². The molecule has 1 heterocycles. The summed E-state index contributed by atoms with van der Waals surface area (Å²) in [5.74, 6) is -0.239. The maximum Gasteiger partial charge on any atom is 0.328 e. The first-order valence-corrected chi connectivity index (χ1v) is 6.80. The van der Waals surface area contributed by atoms with Crippen molar-refractivity contribution < 1.29 is 14.3 Å². The van der Waals surface area contributed by atoms with Gasteiger partial charge in [-0.1, -0.05) is 18.2 Å². The summed E-state index contributed by atoms with van der Waals surface area (Å²) in [6, 6.07) is 7.76. The molecule has 0 radical (unpaired) electrons. The minimum atomic E-state index is -0.255. The number of ether oxygens (including phenoxy) is 1. The predicted octanol–water partition coefficient (Wildman–Crippen LogP) is 1.12. The summed E-state index contributed by atoms with van der Waals surface area (Å²) >= 11 is 0. The molecule has 0 fully saturated rings. The molecule has 1 aliphatic heterocycles. The molecule has 1 atom stereocenters. The topological polar surface area (TPSA) is 58.6 Å². The average Bonchev–Trinajstić information content (AvgIpc) is 2.81. The fourth-order valence-corrected chi connectivity index (χ4v) is 2.59. The van der Waals surface area contributed by atoms with Crippen LogP contribution in [-0.2, 0) is 20.7 Å². The van der Waals surface area contributed by atoms with Crippen LogP contribution in [0.1, 0.15) is 18.9 Å². The molecule has 0 saturated heterocycles. The van der Waals surface area contributed by atoms with E-state index in [9.17, 15) is 9.59 Å². The maximum absolute atomic E-state index is 11.9. The third-order valence-corrected chi connectivity index (χ3v) is 3.51. The van der Waals surface area contributed by atoms with Crippen molar-refractivity contribution in [3.05, 3.63) is 29.8 Å². The van der Waals surface area contributed by atoms with E-state index in [1.807, 2.05) is 24.3 Å². The van der Waals surface area contributed by atoms with Crippen LogP contribution >= 0.6 is 0 Å². The van der Waals surface area contributed by atoms with E-state index in [1.165, 1.54) is 19.6 Å². The lowest BCUT2D eigenvalue weighted by molar-refractivity contribution is -0.142. The number of carbonyl (C=O) groups is 2. The van der Waals surface area contributed by atoms with E-state index in [1.54, 1.807) is 0 Å². The van der Waals surface area contributed by atoms with Gasteiger partial charge in [-0.05, 0) is 18.1 Å². The first-order valence-electron chi connectivity index (χ1n) is 6.80. The summed E-state index contributed by atoms with van der Waals surface area (Å²) < 4.78 is 4.89. The lowest BCUT2D eigenvalue weighted by Crippen LogP contribution is -2.41. The fraction of sp³-hybridized carbons (Fsp3) is 0.467. The second-order valence-electron chi connectivity index (χ2n) is 4.90. The van der Waals surface area contributed by atoms with Crippen LogP contribution in [0.15, 0.2) is 24.3 Å². The number of hydrogen-bond donors (Lipinski definition) is 1. The number of benzene rings is 1. The molecule has 1 amide bonds. The van der Waals surface area contributed by atoms with Crippen molar-refractivity contribution in [3.63, 3.8) is 0 Å². The lowest BCUT2D eigenvalue weighted by Gasteiger charge is -2.25. The number of nitrogens with zero attached hydrogens (tertiary/aromatic N) is 1. The van der Waals surface area contributed by atoms with Gasteiger partial charge >= 0.3 is 5.97 Å². The molecule has 0 aromatic heterocycles. The monoisotopic (exact) mass is 276 g/mol. The van der Waals surface area contributed by atoms with Crippen molar-refractivity contribution in [2.24, 2.45) is 0 Å². The molecule has 2 rings (SSSR count). The van der Waals surface area contributed by atoms with Gasteiger partial charge in [0.1, 0.15) is 6.04 Å². The van der Waals surface area contributed by atoms with Gasteiger partial charge in [-0.3, -0.25) is 4.79 Å². The Hall–Kier alpha value is -2.04. The SMILES string of the molecule is COC(=O)C1Cc2ccccc2N1CCCNC(C)=O. The number of nitrogens with one attached hydrogen (secondary N) is 1. The molecular weight excluding hydrogens is 256 g/mol. The van der Waals surface area contributed by atoms with Crippen LogP contribution in [0, 0.1) is 0 Å². The number of methoxy groups -OCH3 is 1. The number of para-hydroxylation sites is 1. The highest BCUT2D eigenvalue weighted by atomic mass is 16.5. The molecule has 20 heavy (non-hydrogen) atoms. The van der Waals surface area contributed by atoms with Gasteiger partial charge in [-0.2, -0.15) is 0 Å². The zero-order valence-electron chi connectivity index (χ0n) is 11.9. The number of amides is 1. The molecule has 5 nitrogen and oxygen atoms in total. The molecule has 0 saturated carbocycles. The first kappa shape index (κ1) is 14.4. The molecule has 108 valence electrons. The average molecular weight is 276 g/mol. The van der Waals surface area contributed by atoms with Gasteiger partial charge in [0.05, 0.1) is 7.11 Å². The third-order valence-electron chi connectivity index (χ3n) is 3.51. The molecule has 0 bridgehead atoms. The summed E-state index contributed by atoms with van der Waals surface area (Å²) in [5.41, 5.74) is 2.26. The summed E-state index contributed by atoms with van der Waals surface area (Å²) in [6.07, 6.45) is 1.48. The van der Waals surface area contributed by atoms with Gasteiger partial charge in [-0.15, -0.1) is 0 Å². The molecule has 1 unspecified atom stereocenters. The van der Waals surface area contributed by atoms with Crippen molar-refractivity contribution in [1.82, 2.24) is 5.32 Å². The second-order valence-corrected chi connectivity index (χ2v) is 4.90. The Labute approximate surface area is 118 Å². The molecule has 1 aromatic carbocycles. The Balaban J connectivity index is 2.05. The molecule has 1 aliphatic rings. The highest BCUT2D eigenvalue weighted by molar-refractivity contribution is 5.83. The fourth-order valence-electron chi connectivity index (χ4n) is 2.59. The second kappa shape index (κ2) is 6.41. The van der Waals surface area contributed by atoms with Crippen LogP contribution in [0.2, 0.25) is 0 Å². The quantitative estimate of drug-likeness (QED) is 0.646. The molecule has 0 aliphatic carbocycles. The van der Waals surface area contributed by atoms with E-state index in [0.717, 1.165) is 18.7 Å². The Bertz CT molecular complexity index is 502. The lowest BCUT2D eigenvalue weighted by atomic mass is 10.1. The van der Waals surface area contributed by atoms with Crippen LogP contribution < -0.4 is 10.2 Å². The van der Waals surface area contributed by atoms with E-state index in [4.69, 9.17) is 4.74 Å². The predicted molar refractivity (Wildman–Crippen MR) is 76.6 cm³/mol. The van der Waals surface area contributed by atoms with Crippen LogP contribution in [0.25, 0.3) is 0 Å². The maximum atomic E-state index is 11.9. The van der Waals surface area contributed by atoms with Crippen molar-refractivity contribution >= 4 is 17.6 Å². The van der Waals surface area contributed by atoms with E-state index in [0.29, 0.717) is 13.0 Å². The van der Waals surface area contributed by atoms with Crippen molar-refractivity contribution in [2.45, 2.75) is 25.8 Å². The normalized spacial score (nSPS) is 16.7. The Morgan fingerprint density at radius 1 is 1.40 bits per heavy atom. The van der Waals surface area contributed by atoms with Crippen LogP contribution in [0.4, 0.5) is 5.69 Å². The summed E-state index contributed by atoms with van der Waals surface area (Å²) in [4.78, 5) is 24.8. The van der Waals surface area contributed by atoms with Gasteiger partial charge in [0.2, 0.25) is 5.91 Å². The van der Waals surface area contributed by atoms with E-state index >= 15 is 0 Å². The summed E-state index contributed by atoms with van der Waals surface area (Å²) in [7, 11) is 1.42. The van der Waals surface area contributed by atoms with Crippen molar-refractivity contribution in [2.75, 3.05) is 25.1 Å². The van der Waals surface area contributed by atoms with Gasteiger partial charge in [0.15, 0.2) is 0 Å². The van der Waals surface area contributed by atoms with Crippen LogP contribution in [-0.4, -0.2) is 38.1 Å². The van der Waals surface area contributed by atoms with Gasteiger partial charge < -0.3 is 15.0 Å². The number of hydrogen-bond acceptors (Lipinski definition) is 4. The third kappa shape index (κ3) is 3.10. The van der Waals surface area contributed by atoms with Crippen molar-refractivity contribution in [1.29, 1.82) is 0 Å². The van der Waals surface area contributed by atoms with E-state index in [-0.39, 0.29) is 17.9 Å². The van der Waals surface area contributed by atoms with Crippen LogP contribution in [0.5, 0.6) is 0 Å². The van der Waals surface area contributed by atoms with E-state index in [2.05, 4.69) is 10.2 Å². The van der Waals surface area contributed by atoms with Gasteiger partial charge in [0.25, 0.3) is 0 Å². The first-order chi connectivity index (χ1) is 9.63. The smallest absolute Gasteiger partial charge is 0.328 e. The zero-order chi connectivity index (χ0) is 14.5. The molecule has 1 N–H and O–H groups in total. The van der Waals surface area contributed by atoms with Gasteiger partial charge in [0, 0.05) is 32.1 Å². The number of rotatable bonds is 5. The summed E-state index contributed by atoms with van der Waals surface area (Å²) in [5, 5.41) is 2.77. The standard InChI is InChI=1S/C15H20N2O3/c1-11(18)16-8-5-9-17-13-7-4-3-6-12(13)10-14(17)15(19)20-2/h3-4,6-7,14H,5,8-10H2,1-2H3,(H,16,18). The number of anilines is 1. The number of fused-ring (bicyclic) bond motifs is 1. The Kier molecular flexibility index (Phi) is 4.61. The number of esters is 1. The highest BCUT2D eigenvalue weighted by Crippen LogP contribution is 2.32. The largest absolute Gasteiger partial charge is 0.467 e. The highest BCUT2D eigenvalue weighted by Gasteiger charge is 2.34. The van der Waals surface area contributed by atoms with E-state index < -0.39 is 0 Å². The Morgan fingerprint density at radius 3 is 2.85 bits per heavy atom. The number of carbonyl (C=O) groups excluding carboxylic acids is 2. The molecule has 1 aromatic rings.